The predicted molar refractivity (Wildman–Crippen MR) is 62.5 cm³/mol. The predicted octanol–water partition coefficient (Wildman–Crippen LogP) is 3.59. The van der Waals surface area contributed by atoms with Crippen LogP contribution in [0.4, 0.5) is 0 Å². The highest BCUT2D eigenvalue weighted by molar-refractivity contribution is 5.87. The summed E-state index contributed by atoms with van der Waals surface area (Å²) in [6.45, 7) is 8.78. The second-order valence-corrected chi connectivity index (χ2v) is 6.36. The van der Waals surface area contributed by atoms with E-state index in [2.05, 4.69) is 26.8 Å². The van der Waals surface area contributed by atoms with Gasteiger partial charge in [0.2, 0.25) is 0 Å². The van der Waals surface area contributed by atoms with E-state index in [1.165, 1.54) is 19.3 Å². The summed E-state index contributed by atoms with van der Waals surface area (Å²) in [5.74, 6) is 1.63. The van der Waals surface area contributed by atoms with E-state index in [0.29, 0.717) is 16.7 Å². The highest BCUT2D eigenvalue weighted by atomic mass is 16.1. The molecule has 2 aliphatic carbocycles. The molecule has 0 N–H and O–H groups in total. The molecule has 84 valence electrons. The van der Waals surface area contributed by atoms with Crippen molar-refractivity contribution in [3.05, 3.63) is 12.2 Å². The zero-order valence-electron chi connectivity index (χ0n) is 10.3. The summed E-state index contributed by atoms with van der Waals surface area (Å²) in [4.78, 5) is 11.0. The molecule has 2 saturated carbocycles. The molecule has 1 nitrogen and oxygen atoms in total. The third-order valence-corrected chi connectivity index (χ3v) is 4.90. The van der Waals surface area contributed by atoms with Gasteiger partial charge in [-0.2, -0.15) is 0 Å². The fraction of sp³-hybridized carbons (Fsp3) is 0.786. The first-order valence-corrected chi connectivity index (χ1v) is 6.05. The van der Waals surface area contributed by atoms with Gasteiger partial charge in [0, 0.05) is 0 Å². The first kappa shape index (κ1) is 10.9. The monoisotopic (exact) mass is 206 g/mol. The largest absolute Gasteiger partial charge is 0.295 e. The van der Waals surface area contributed by atoms with Crippen molar-refractivity contribution in [3.63, 3.8) is 0 Å². The number of hydrogen-bond donors (Lipinski definition) is 0. The van der Waals surface area contributed by atoms with Gasteiger partial charge in [-0.05, 0) is 54.9 Å². The molecular weight excluding hydrogens is 184 g/mol. The Hall–Kier alpha value is -0.590. The molecule has 2 fully saturated rings. The number of ketones is 1. The lowest BCUT2D eigenvalue weighted by molar-refractivity contribution is -0.112. The van der Waals surface area contributed by atoms with Crippen molar-refractivity contribution in [1.29, 1.82) is 0 Å². The van der Waals surface area contributed by atoms with Crippen LogP contribution in [-0.2, 0) is 4.79 Å². The summed E-state index contributed by atoms with van der Waals surface area (Å²) in [7, 11) is 0. The van der Waals surface area contributed by atoms with Crippen LogP contribution in [0, 0.1) is 22.7 Å². The fourth-order valence-electron chi connectivity index (χ4n) is 4.05. The minimum atomic E-state index is 0.178. The smallest absolute Gasteiger partial charge is 0.152 e. The average Bonchev–Trinajstić information content (AvgIpc) is 2.54. The van der Waals surface area contributed by atoms with Gasteiger partial charge in [0.05, 0.1) is 0 Å². The summed E-state index contributed by atoms with van der Waals surface area (Å²) in [5.41, 5.74) is 0.846. The lowest BCUT2D eigenvalue weighted by atomic mass is 9.64. The second kappa shape index (κ2) is 3.20. The molecule has 0 saturated heterocycles. The summed E-state index contributed by atoms with van der Waals surface area (Å²) in [6.07, 6.45) is 8.04. The maximum Gasteiger partial charge on any atom is 0.152 e. The molecular formula is C14H22O. The van der Waals surface area contributed by atoms with E-state index >= 15 is 0 Å². The van der Waals surface area contributed by atoms with Crippen LogP contribution in [0.1, 0.15) is 47.0 Å². The van der Waals surface area contributed by atoms with Crippen LogP contribution in [0.5, 0.6) is 0 Å². The highest BCUT2D eigenvalue weighted by Crippen LogP contribution is 2.66. The molecule has 0 aromatic heterocycles. The van der Waals surface area contributed by atoms with Crippen LogP contribution in [0.3, 0.4) is 0 Å². The lowest BCUT2D eigenvalue weighted by Crippen LogP contribution is -2.33. The Balaban J connectivity index is 2.26. The zero-order chi connectivity index (χ0) is 11.3. The van der Waals surface area contributed by atoms with Gasteiger partial charge in [0.25, 0.3) is 0 Å². The van der Waals surface area contributed by atoms with Crippen LogP contribution in [0.2, 0.25) is 0 Å². The van der Waals surface area contributed by atoms with Gasteiger partial charge >= 0.3 is 0 Å². The van der Waals surface area contributed by atoms with Gasteiger partial charge in [0.15, 0.2) is 5.78 Å². The molecule has 3 atom stereocenters. The Bertz CT molecular complexity index is 309. The SMILES string of the molecule is CC(=O)/C=C/C1C2(C)CCC(C2)C1(C)C. The summed E-state index contributed by atoms with van der Waals surface area (Å²) >= 11 is 0. The highest BCUT2D eigenvalue weighted by Gasteiger charge is 2.57. The van der Waals surface area contributed by atoms with Gasteiger partial charge in [-0.15, -0.1) is 0 Å². The van der Waals surface area contributed by atoms with E-state index in [4.69, 9.17) is 0 Å². The van der Waals surface area contributed by atoms with E-state index in [-0.39, 0.29) is 5.78 Å². The number of carbonyl (C=O) groups is 1. The van der Waals surface area contributed by atoms with E-state index in [1.807, 2.05) is 0 Å². The number of allylic oxidation sites excluding steroid dienone is 2. The Morgan fingerprint density at radius 1 is 1.33 bits per heavy atom. The van der Waals surface area contributed by atoms with Crippen molar-refractivity contribution < 1.29 is 4.79 Å². The topological polar surface area (TPSA) is 17.1 Å². The summed E-state index contributed by atoms with van der Waals surface area (Å²) in [6, 6.07) is 0. The van der Waals surface area contributed by atoms with Gasteiger partial charge in [-0.1, -0.05) is 26.8 Å². The molecule has 0 heterocycles. The third kappa shape index (κ3) is 1.56. The quantitative estimate of drug-likeness (QED) is 0.631. The standard InChI is InChI=1S/C14H22O/c1-10(15)5-6-12-13(2,3)11-7-8-14(12,4)9-11/h5-6,11-12H,7-9H2,1-4H3/b6-5+. The zero-order valence-corrected chi connectivity index (χ0v) is 10.3. The lowest BCUT2D eigenvalue weighted by Gasteiger charge is -2.41. The molecule has 2 rings (SSSR count). The van der Waals surface area contributed by atoms with Gasteiger partial charge < -0.3 is 0 Å². The number of fused-ring (bicyclic) bond motifs is 2. The average molecular weight is 206 g/mol. The van der Waals surface area contributed by atoms with Crippen LogP contribution in [0.25, 0.3) is 0 Å². The van der Waals surface area contributed by atoms with Crippen molar-refractivity contribution >= 4 is 5.78 Å². The first-order valence-electron chi connectivity index (χ1n) is 6.05. The van der Waals surface area contributed by atoms with Crippen LogP contribution in [0.15, 0.2) is 12.2 Å². The molecule has 0 aliphatic heterocycles. The van der Waals surface area contributed by atoms with Crippen LogP contribution < -0.4 is 0 Å². The maximum atomic E-state index is 11.0. The van der Waals surface area contributed by atoms with Crippen molar-refractivity contribution in [2.75, 3.05) is 0 Å². The third-order valence-electron chi connectivity index (χ3n) is 4.90. The molecule has 0 spiro atoms. The Morgan fingerprint density at radius 3 is 2.47 bits per heavy atom. The number of rotatable bonds is 2. The van der Waals surface area contributed by atoms with Gasteiger partial charge in [-0.3, -0.25) is 4.79 Å². The van der Waals surface area contributed by atoms with E-state index < -0.39 is 0 Å². The molecule has 15 heavy (non-hydrogen) atoms. The molecule has 2 aliphatic rings. The summed E-state index contributed by atoms with van der Waals surface area (Å²) < 4.78 is 0. The van der Waals surface area contributed by atoms with Crippen molar-refractivity contribution in [1.82, 2.24) is 0 Å². The minimum absolute atomic E-state index is 0.178. The van der Waals surface area contributed by atoms with Crippen LogP contribution >= 0.6 is 0 Å². The first-order chi connectivity index (χ1) is 6.86. The van der Waals surface area contributed by atoms with E-state index in [9.17, 15) is 4.79 Å². The molecule has 0 aromatic carbocycles. The minimum Gasteiger partial charge on any atom is -0.295 e. The van der Waals surface area contributed by atoms with E-state index in [0.717, 1.165) is 5.92 Å². The van der Waals surface area contributed by atoms with Gasteiger partial charge in [-0.25, -0.2) is 0 Å². The van der Waals surface area contributed by atoms with Crippen molar-refractivity contribution in [2.24, 2.45) is 22.7 Å². The molecule has 0 amide bonds. The molecule has 0 aromatic rings. The number of hydrogen-bond acceptors (Lipinski definition) is 1. The van der Waals surface area contributed by atoms with Crippen LogP contribution in [-0.4, -0.2) is 5.78 Å². The fourth-order valence-corrected chi connectivity index (χ4v) is 4.05. The Morgan fingerprint density at radius 2 is 2.00 bits per heavy atom. The van der Waals surface area contributed by atoms with Gasteiger partial charge in [0.1, 0.15) is 0 Å². The molecule has 0 radical (unpaired) electrons. The second-order valence-electron chi connectivity index (χ2n) is 6.36. The molecule has 2 bridgehead atoms. The molecule has 1 heteroatoms. The van der Waals surface area contributed by atoms with Crippen molar-refractivity contribution in [3.8, 4) is 0 Å². The Labute approximate surface area is 92.9 Å². The molecule has 3 unspecified atom stereocenters. The van der Waals surface area contributed by atoms with E-state index in [1.54, 1.807) is 13.0 Å². The maximum absolute atomic E-state index is 11.0. The van der Waals surface area contributed by atoms with Crippen molar-refractivity contribution in [2.45, 2.75) is 47.0 Å². The number of carbonyl (C=O) groups excluding carboxylic acids is 1. The normalized spacial score (nSPS) is 42.7. The summed E-state index contributed by atoms with van der Waals surface area (Å²) in [5, 5.41) is 0. The Kier molecular flexibility index (Phi) is 2.33.